The Morgan fingerprint density at radius 2 is 2.00 bits per heavy atom. The molecule has 0 amide bonds. The fourth-order valence-corrected chi connectivity index (χ4v) is 3.61. The molecule has 0 saturated heterocycles. The van der Waals surface area contributed by atoms with Crippen LogP contribution in [0.25, 0.3) is 16.9 Å². The van der Waals surface area contributed by atoms with E-state index in [1.54, 1.807) is 0 Å². The van der Waals surface area contributed by atoms with E-state index in [4.69, 9.17) is 9.84 Å². The van der Waals surface area contributed by atoms with Crippen LogP contribution in [0.2, 0.25) is 0 Å². The van der Waals surface area contributed by atoms with Crippen molar-refractivity contribution >= 4 is 5.82 Å². The molecule has 3 aromatic rings. The predicted octanol–water partition coefficient (Wildman–Crippen LogP) is 4.99. The molecule has 134 valence electrons. The topological polar surface area (TPSA) is 39.1 Å². The Bertz CT molecular complexity index is 914. The zero-order chi connectivity index (χ0) is 17.9. The van der Waals surface area contributed by atoms with Crippen LogP contribution in [0, 0.1) is 6.92 Å². The van der Waals surface area contributed by atoms with Gasteiger partial charge in [-0.05, 0) is 51.3 Å². The molecule has 0 aliphatic carbocycles. The molecule has 1 aliphatic heterocycles. The summed E-state index contributed by atoms with van der Waals surface area (Å²) >= 11 is 0. The Hall–Kier alpha value is -2.75. The third-order valence-electron chi connectivity index (χ3n) is 4.81. The van der Waals surface area contributed by atoms with Crippen LogP contribution >= 0.6 is 0 Å². The number of benzene rings is 2. The molecule has 0 bridgehead atoms. The molecule has 0 fully saturated rings. The van der Waals surface area contributed by atoms with Gasteiger partial charge in [-0.3, -0.25) is 0 Å². The van der Waals surface area contributed by atoms with Crippen LogP contribution in [-0.2, 0) is 6.42 Å². The van der Waals surface area contributed by atoms with Crippen LogP contribution in [-0.4, -0.2) is 22.9 Å². The molecule has 0 spiro atoms. The normalized spacial score (nSPS) is 13.6. The molecule has 4 heteroatoms. The van der Waals surface area contributed by atoms with E-state index in [9.17, 15) is 0 Å². The first-order valence-electron chi connectivity index (χ1n) is 9.43. The van der Waals surface area contributed by atoms with Crippen LogP contribution in [0.15, 0.2) is 48.5 Å². The van der Waals surface area contributed by atoms with Gasteiger partial charge in [-0.1, -0.05) is 35.9 Å². The van der Waals surface area contributed by atoms with Crippen molar-refractivity contribution in [1.29, 1.82) is 0 Å². The molecule has 4 rings (SSSR count). The van der Waals surface area contributed by atoms with Gasteiger partial charge in [0.15, 0.2) is 0 Å². The van der Waals surface area contributed by atoms with Crippen LogP contribution < -0.4 is 10.1 Å². The van der Waals surface area contributed by atoms with Crippen LogP contribution in [0.3, 0.4) is 0 Å². The monoisotopic (exact) mass is 347 g/mol. The van der Waals surface area contributed by atoms with E-state index >= 15 is 0 Å². The van der Waals surface area contributed by atoms with Gasteiger partial charge in [0.05, 0.1) is 12.3 Å². The summed E-state index contributed by atoms with van der Waals surface area (Å²) in [6.07, 6.45) is 3.40. The summed E-state index contributed by atoms with van der Waals surface area (Å²) in [6.45, 7) is 5.75. The second-order valence-corrected chi connectivity index (χ2v) is 6.74. The van der Waals surface area contributed by atoms with Gasteiger partial charge in [0, 0.05) is 17.7 Å². The minimum atomic E-state index is 0.638. The molecule has 0 unspecified atom stereocenters. The van der Waals surface area contributed by atoms with E-state index in [2.05, 4.69) is 42.6 Å². The summed E-state index contributed by atoms with van der Waals surface area (Å²) in [7, 11) is 0. The highest BCUT2D eigenvalue weighted by Gasteiger charge is 2.23. The number of nitrogens with zero attached hydrogens (tertiary/aromatic N) is 2. The van der Waals surface area contributed by atoms with Crippen molar-refractivity contribution in [3.05, 3.63) is 59.7 Å². The number of aromatic nitrogens is 2. The first-order chi connectivity index (χ1) is 12.8. The molecule has 0 saturated carbocycles. The highest BCUT2D eigenvalue weighted by molar-refractivity contribution is 5.72. The molecule has 1 N–H and O–H groups in total. The lowest BCUT2D eigenvalue weighted by Gasteiger charge is -2.13. The van der Waals surface area contributed by atoms with Gasteiger partial charge < -0.3 is 10.1 Å². The van der Waals surface area contributed by atoms with Crippen LogP contribution in [0.1, 0.15) is 30.9 Å². The van der Waals surface area contributed by atoms with Crippen molar-refractivity contribution in [3.8, 4) is 22.7 Å². The van der Waals surface area contributed by atoms with Gasteiger partial charge in [0.1, 0.15) is 17.3 Å². The number of para-hydroxylation sites is 2. The number of hydrogen-bond acceptors (Lipinski definition) is 3. The Labute approximate surface area is 154 Å². The second kappa shape index (κ2) is 7.24. The second-order valence-electron chi connectivity index (χ2n) is 6.74. The molecule has 4 nitrogen and oxygen atoms in total. The van der Waals surface area contributed by atoms with Gasteiger partial charge in [-0.15, -0.1) is 0 Å². The van der Waals surface area contributed by atoms with Gasteiger partial charge in [-0.25, -0.2) is 4.68 Å². The van der Waals surface area contributed by atoms with E-state index in [0.717, 1.165) is 35.9 Å². The van der Waals surface area contributed by atoms with Crippen molar-refractivity contribution in [3.63, 3.8) is 0 Å². The summed E-state index contributed by atoms with van der Waals surface area (Å²) in [6, 6.07) is 16.7. The Morgan fingerprint density at radius 1 is 1.12 bits per heavy atom. The van der Waals surface area contributed by atoms with Crippen molar-refractivity contribution < 1.29 is 4.74 Å². The molecule has 1 aliphatic rings. The van der Waals surface area contributed by atoms with E-state index in [0.29, 0.717) is 6.61 Å². The van der Waals surface area contributed by atoms with E-state index < -0.39 is 0 Å². The predicted molar refractivity (Wildman–Crippen MR) is 106 cm³/mol. The number of nitrogens with one attached hydrogen (secondary N) is 1. The largest absolute Gasteiger partial charge is 0.492 e. The van der Waals surface area contributed by atoms with Gasteiger partial charge in [0.25, 0.3) is 0 Å². The average molecular weight is 347 g/mol. The number of rotatable bonds is 4. The van der Waals surface area contributed by atoms with Gasteiger partial charge >= 0.3 is 0 Å². The summed E-state index contributed by atoms with van der Waals surface area (Å²) in [5.41, 5.74) is 5.79. The summed E-state index contributed by atoms with van der Waals surface area (Å²) in [5.74, 6) is 1.97. The fraction of sp³-hybridized carbons (Fsp3) is 0.318. The zero-order valence-corrected chi connectivity index (χ0v) is 15.5. The van der Waals surface area contributed by atoms with Crippen LogP contribution in [0.5, 0.6) is 5.75 Å². The number of hydrogen-bond donors (Lipinski definition) is 1. The van der Waals surface area contributed by atoms with Crippen LogP contribution in [0.4, 0.5) is 5.82 Å². The smallest absolute Gasteiger partial charge is 0.145 e. The Balaban J connectivity index is 1.91. The van der Waals surface area contributed by atoms with Gasteiger partial charge in [0.2, 0.25) is 0 Å². The third kappa shape index (κ3) is 3.07. The highest BCUT2D eigenvalue weighted by atomic mass is 16.5. The van der Waals surface area contributed by atoms with E-state index in [-0.39, 0.29) is 0 Å². The Morgan fingerprint density at radius 3 is 2.85 bits per heavy atom. The first kappa shape index (κ1) is 16.7. The SMILES string of the molecule is CCOc1ccccc1-n1nc(-c2cccc(C)c2)c2c1NCCCC2. The average Bonchev–Trinajstić information content (AvgIpc) is 2.84. The molecule has 0 radical (unpaired) electrons. The van der Waals surface area contributed by atoms with E-state index in [1.807, 2.05) is 29.8 Å². The summed E-state index contributed by atoms with van der Waals surface area (Å²) in [4.78, 5) is 0. The molecule has 2 heterocycles. The lowest BCUT2D eigenvalue weighted by Crippen LogP contribution is -2.08. The van der Waals surface area contributed by atoms with Gasteiger partial charge in [-0.2, -0.15) is 5.10 Å². The molecule has 26 heavy (non-hydrogen) atoms. The first-order valence-corrected chi connectivity index (χ1v) is 9.43. The molecule has 2 aromatic carbocycles. The van der Waals surface area contributed by atoms with Crippen molar-refractivity contribution in [2.24, 2.45) is 0 Å². The number of aryl methyl sites for hydroxylation is 1. The molecule has 0 atom stereocenters. The maximum Gasteiger partial charge on any atom is 0.145 e. The lowest BCUT2D eigenvalue weighted by atomic mass is 10.0. The maximum absolute atomic E-state index is 5.86. The standard InChI is InChI=1S/C22H25N3O/c1-3-26-20-13-5-4-12-19(20)25-22-18(11-6-7-14-23-22)21(24-25)17-10-8-9-16(2)15-17/h4-5,8-10,12-13,15,23H,3,6-7,11,14H2,1-2H3. The zero-order valence-electron chi connectivity index (χ0n) is 15.5. The van der Waals surface area contributed by atoms with Crippen molar-refractivity contribution in [2.45, 2.75) is 33.1 Å². The lowest BCUT2D eigenvalue weighted by molar-refractivity contribution is 0.338. The van der Waals surface area contributed by atoms with Crippen molar-refractivity contribution in [1.82, 2.24) is 9.78 Å². The number of anilines is 1. The third-order valence-corrected chi connectivity index (χ3v) is 4.81. The summed E-state index contributed by atoms with van der Waals surface area (Å²) < 4.78 is 7.89. The molecule has 1 aromatic heterocycles. The van der Waals surface area contributed by atoms with E-state index in [1.165, 1.54) is 29.5 Å². The summed E-state index contributed by atoms with van der Waals surface area (Å²) in [5, 5.41) is 8.64. The minimum Gasteiger partial charge on any atom is -0.492 e. The Kier molecular flexibility index (Phi) is 4.65. The minimum absolute atomic E-state index is 0.638. The van der Waals surface area contributed by atoms with Crippen molar-refractivity contribution in [2.75, 3.05) is 18.5 Å². The maximum atomic E-state index is 5.86. The highest BCUT2D eigenvalue weighted by Crippen LogP contribution is 2.36. The quantitative estimate of drug-likeness (QED) is 0.722. The number of fused-ring (bicyclic) bond motifs is 1. The molecular weight excluding hydrogens is 322 g/mol. The fourth-order valence-electron chi connectivity index (χ4n) is 3.61. The molecular formula is C22H25N3O. The number of ether oxygens (including phenoxy) is 1.